The van der Waals surface area contributed by atoms with Crippen molar-refractivity contribution >= 4 is 29.0 Å². The number of ketones is 1. The molecule has 0 bridgehead atoms. The highest BCUT2D eigenvalue weighted by Gasteiger charge is 2.37. The van der Waals surface area contributed by atoms with E-state index in [9.17, 15) is 14.4 Å². The molecular formula is C23H26N2O5. The maximum Gasteiger partial charge on any atom is 0.291 e. The lowest BCUT2D eigenvalue weighted by molar-refractivity contribution is -0.117. The fourth-order valence-corrected chi connectivity index (χ4v) is 4.37. The Labute approximate surface area is 175 Å². The van der Waals surface area contributed by atoms with Crippen LogP contribution in [0.25, 0.3) is 0 Å². The molecule has 158 valence electrons. The molecule has 4 rings (SSSR count). The van der Waals surface area contributed by atoms with Crippen LogP contribution in [-0.4, -0.2) is 31.3 Å². The van der Waals surface area contributed by atoms with Gasteiger partial charge >= 0.3 is 0 Å². The Hall–Kier alpha value is -3.09. The quantitative estimate of drug-likeness (QED) is 0.819. The van der Waals surface area contributed by atoms with E-state index >= 15 is 0 Å². The van der Waals surface area contributed by atoms with Crippen LogP contribution in [0.15, 0.2) is 22.6 Å². The van der Waals surface area contributed by atoms with Gasteiger partial charge < -0.3 is 19.4 Å². The minimum absolute atomic E-state index is 0.0147. The second kappa shape index (κ2) is 7.31. The second-order valence-corrected chi connectivity index (χ2v) is 8.78. The third kappa shape index (κ3) is 3.49. The molecule has 2 amide bonds. The molecule has 0 unspecified atom stereocenters. The zero-order chi connectivity index (χ0) is 21.6. The first kappa shape index (κ1) is 20.2. The Morgan fingerprint density at radius 2 is 2.00 bits per heavy atom. The Morgan fingerprint density at radius 1 is 1.23 bits per heavy atom. The third-order valence-electron chi connectivity index (χ3n) is 5.78. The van der Waals surface area contributed by atoms with Crippen molar-refractivity contribution in [2.45, 2.75) is 46.5 Å². The lowest BCUT2D eigenvalue weighted by atomic mass is 9.76. The minimum atomic E-state index is -0.420. The summed E-state index contributed by atoms with van der Waals surface area (Å²) in [7, 11) is 1.55. The molecule has 30 heavy (non-hydrogen) atoms. The molecule has 1 saturated heterocycles. The molecule has 0 radical (unpaired) electrons. The van der Waals surface area contributed by atoms with Gasteiger partial charge in [-0.2, -0.15) is 0 Å². The predicted molar refractivity (Wildman–Crippen MR) is 112 cm³/mol. The molecule has 1 N–H and O–H groups in total. The first-order chi connectivity index (χ1) is 14.2. The summed E-state index contributed by atoms with van der Waals surface area (Å²) in [6.45, 7) is 6.40. The number of nitrogens with one attached hydrogen (secondary N) is 1. The molecule has 2 aromatic rings. The molecule has 2 aliphatic rings. The summed E-state index contributed by atoms with van der Waals surface area (Å²) in [6, 6.07) is 5.17. The van der Waals surface area contributed by atoms with Gasteiger partial charge in [0.05, 0.1) is 18.4 Å². The number of anilines is 2. The van der Waals surface area contributed by atoms with E-state index in [1.54, 1.807) is 37.1 Å². The van der Waals surface area contributed by atoms with Gasteiger partial charge in [-0.15, -0.1) is 0 Å². The van der Waals surface area contributed by atoms with Crippen molar-refractivity contribution < 1.29 is 23.5 Å². The number of rotatable bonds is 4. The number of hydrogen-bond acceptors (Lipinski definition) is 5. The summed E-state index contributed by atoms with van der Waals surface area (Å²) < 4.78 is 11.2. The van der Waals surface area contributed by atoms with Crippen LogP contribution in [0.2, 0.25) is 0 Å². The van der Waals surface area contributed by atoms with Crippen LogP contribution in [0.1, 0.15) is 65.3 Å². The van der Waals surface area contributed by atoms with Crippen LogP contribution >= 0.6 is 0 Å². The molecule has 1 aliphatic heterocycles. The molecule has 0 saturated carbocycles. The number of furan rings is 1. The second-order valence-electron chi connectivity index (χ2n) is 8.78. The van der Waals surface area contributed by atoms with E-state index < -0.39 is 5.91 Å². The largest absolute Gasteiger partial charge is 0.495 e. The Kier molecular flexibility index (Phi) is 4.92. The Balaban J connectivity index is 1.62. The van der Waals surface area contributed by atoms with Gasteiger partial charge in [0, 0.05) is 37.1 Å². The van der Waals surface area contributed by atoms with Gasteiger partial charge in [-0.1, -0.05) is 13.8 Å². The number of benzene rings is 1. The summed E-state index contributed by atoms with van der Waals surface area (Å²) >= 11 is 0. The van der Waals surface area contributed by atoms with Crippen LogP contribution in [0.5, 0.6) is 5.75 Å². The van der Waals surface area contributed by atoms with Crippen molar-refractivity contribution in [2.75, 3.05) is 23.9 Å². The van der Waals surface area contributed by atoms with Gasteiger partial charge in [0.2, 0.25) is 5.91 Å². The average molecular weight is 410 g/mol. The molecule has 1 aliphatic carbocycles. The first-order valence-electron chi connectivity index (χ1n) is 10.2. The molecule has 1 fully saturated rings. The van der Waals surface area contributed by atoms with Crippen molar-refractivity contribution in [2.24, 2.45) is 5.41 Å². The monoisotopic (exact) mass is 410 g/mol. The summed E-state index contributed by atoms with van der Waals surface area (Å²) in [5.41, 5.74) is 2.08. The molecule has 1 aromatic heterocycles. The lowest BCUT2D eigenvalue weighted by Crippen LogP contribution is -2.26. The predicted octanol–water partition coefficient (Wildman–Crippen LogP) is 4.13. The van der Waals surface area contributed by atoms with Gasteiger partial charge in [-0.05, 0) is 37.0 Å². The number of hydrogen-bond donors (Lipinski definition) is 1. The Bertz CT molecular complexity index is 1050. The molecule has 7 heteroatoms. The van der Waals surface area contributed by atoms with Crippen molar-refractivity contribution in [1.29, 1.82) is 0 Å². The average Bonchev–Trinajstić information content (AvgIpc) is 3.23. The zero-order valence-corrected chi connectivity index (χ0v) is 17.8. The van der Waals surface area contributed by atoms with E-state index in [4.69, 9.17) is 9.15 Å². The summed E-state index contributed by atoms with van der Waals surface area (Å²) in [5.74, 6) is 0.933. The number of amides is 2. The van der Waals surface area contributed by atoms with Crippen molar-refractivity contribution in [1.82, 2.24) is 0 Å². The summed E-state index contributed by atoms with van der Waals surface area (Å²) in [5, 5.41) is 2.84. The lowest BCUT2D eigenvalue weighted by Gasteiger charge is -2.27. The van der Waals surface area contributed by atoms with Crippen LogP contribution in [0.4, 0.5) is 11.4 Å². The first-order valence-corrected chi connectivity index (χ1v) is 10.2. The molecular weight excluding hydrogens is 384 g/mol. The van der Waals surface area contributed by atoms with Crippen LogP contribution in [0, 0.1) is 12.3 Å². The van der Waals surface area contributed by atoms with Gasteiger partial charge in [0.1, 0.15) is 11.5 Å². The molecule has 0 atom stereocenters. The van der Waals surface area contributed by atoms with Crippen LogP contribution < -0.4 is 15.0 Å². The number of methoxy groups -OCH3 is 1. The van der Waals surface area contributed by atoms with Gasteiger partial charge in [0.15, 0.2) is 11.5 Å². The third-order valence-corrected chi connectivity index (χ3v) is 5.78. The van der Waals surface area contributed by atoms with Gasteiger partial charge in [0.25, 0.3) is 5.91 Å². The van der Waals surface area contributed by atoms with Crippen LogP contribution in [-0.2, 0) is 11.2 Å². The van der Waals surface area contributed by atoms with E-state index in [1.807, 2.05) is 13.8 Å². The SMILES string of the molecule is COc1ccc(NC(=O)c2oc3c(c2C)C(=O)CC(C)(C)C3)cc1N1CCCC1=O. The van der Waals surface area contributed by atoms with Gasteiger partial charge in [-0.25, -0.2) is 0 Å². The summed E-state index contributed by atoms with van der Waals surface area (Å²) in [4.78, 5) is 39.4. The number of Topliss-reactive ketones (excluding diaryl/α,β-unsaturated/α-hetero) is 1. The van der Waals surface area contributed by atoms with E-state index in [0.29, 0.717) is 59.8 Å². The highest BCUT2D eigenvalue weighted by Crippen LogP contribution is 2.39. The highest BCUT2D eigenvalue weighted by atomic mass is 16.5. The van der Waals surface area contributed by atoms with E-state index in [-0.39, 0.29) is 22.9 Å². The molecule has 1 aromatic carbocycles. The molecule has 0 spiro atoms. The standard InChI is InChI=1S/C23H26N2O5/c1-13-20-16(26)11-23(2,3)12-18(20)30-21(13)22(28)24-14-7-8-17(29-4)15(10-14)25-9-5-6-19(25)27/h7-8,10H,5-6,9,11-12H2,1-4H3,(H,24,28). The topological polar surface area (TPSA) is 88.8 Å². The van der Waals surface area contributed by atoms with Gasteiger partial charge in [-0.3, -0.25) is 14.4 Å². The molecule has 2 heterocycles. The highest BCUT2D eigenvalue weighted by molar-refractivity contribution is 6.08. The number of nitrogens with zero attached hydrogens (tertiary/aromatic N) is 1. The van der Waals surface area contributed by atoms with Crippen LogP contribution in [0.3, 0.4) is 0 Å². The zero-order valence-electron chi connectivity index (χ0n) is 17.8. The number of ether oxygens (including phenoxy) is 1. The van der Waals surface area contributed by atoms with Crippen molar-refractivity contribution in [3.63, 3.8) is 0 Å². The van der Waals surface area contributed by atoms with Crippen molar-refractivity contribution in [3.8, 4) is 5.75 Å². The van der Waals surface area contributed by atoms with Crippen molar-refractivity contribution in [3.05, 3.63) is 40.8 Å². The fraction of sp³-hybridized carbons (Fsp3) is 0.435. The maximum absolute atomic E-state index is 12.9. The van der Waals surface area contributed by atoms with E-state index in [0.717, 1.165) is 6.42 Å². The fourth-order valence-electron chi connectivity index (χ4n) is 4.37. The normalized spacial score (nSPS) is 17.8. The van der Waals surface area contributed by atoms with E-state index in [1.165, 1.54) is 0 Å². The minimum Gasteiger partial charge on any atom is -0.495 e. The Morgan fingerprint density at radius 3 is 2.67 bits per heavy atom. The number of fused-ring (bicyclic) bond motifs is 1. The maximum atomic E-state index is 12.9. The summed E-state index contributed by atoms with van der Waals surface area (Å²) in [6.07, 6.45) is 2.35. The smallest absolute Gasteiger partial charge is 0.291 e. The molecule has 7 nitrogen and oxygen atoms in total. The number of carbonyl (C=O) groups excluding carboxylic acids is 3. The number of carbonyl (C=O) groups is 3. The van der Waals surface area contributed by atoms with E-state index in [2.05, 4.69) is 5.32 Å².